The average Bonchev–Trinajstić information content (AvgIpc) is 2.90. The van der Waals surface area contributed by atoms with Gasteiger partial charge in [0.05, 0.1) is 12.0 Å². The van der Waals surface area contributed by atoms with Crippen LogP contribution >= 0.6 is 0 Å². The Kier molecular flexibility index (Phi) is 3.65. The van der Waals surface area contributed by atoms with Crippen molar-refractivity contribution in [1.29, 1.82) is 0 Å². The summed E-state index contributed by atoms with van der Waals surface area (Å²) in [6.45, 7) is 0. The van der Waals surface area contributed by atoms with Crippen LogP contribution in [0.5, 0.6) is 0 Å². The van der Waals surface area contributed by atoms with Crippen molar-refractivity contribution in [3.05, 3.63) is 47.3 Å². The first kappa shape index (κ1) is 14.2. The number of rotatable bonds is 4. The van der Waals surface area contributed by atoms with Gasteiger partial charge in [-0.15, -0.1) is 0 Å². The molecule has 1 aromatic heterocycles. The molecular formula is C12H9FN4O4. The number of carboxylic acid groups (broad SMARTS) is 1. The molecule has 1 heterocycles. The van der Waals surface area contributed by atoms with Gasteiger partial charge in [-0.2, -0.15) is 0 Å². The van der Waals surface area contributed by atoms with Gasteiger partial charge in [-0.1, -0.05) is 0 Å². The van der Waals surface area contributed by atoms with Crippen molar-refractivity contribution in [2.45, 2.75) is 0 Å². The molecule has 0 spiro atoms. The molecule has 0 saturated carbocycles. The van der Waals surface area contributed by atoms with Gasteiger partial charge in [-0.05, 0) is 18.2 Å². The molecule has 8 nitrogen and oxygen atoms in total. The summed E-state index contributed by atoms with van der Waals surface area (Å²) in [4.78, 5) is 39.6. The molecule has 0 aliphatic rings. The lowest BCUT2D eigenvalue weighted by atomic mass is 10.2. The topological polar surface area (TPSA) is 138 Å². The molecule has 0 aliphatic carbocycles. The van der Waals surface area contributed by atoms with E-state index in [0.29, 0.717) is 0 Å². The number of nitrogens with zero attached hydrogens (tertiary/aromatic N) is 1. The van der Waals surface area contributed by atoms with Gasteiger partial charge in [-0.25, -0.2) is 14.2 Å². The Morgan fingerprint density at radius 1 is 1.33 bits per heavy atom. The van der Waals surface area contributed by atoms with Crippen molar-refractivity contribution in [3.63, 3.8) is 0 Å². The summed E-state index contributed by atoms with van der Waals surface area (Å²) >= 11 is 0. The van der Waals surface area contributed by atoms with E-state index in [-0.39, 0.29) is 11.3 Å². The minimum Gasteiger partial charge on any atom is -0.477 e. The number of halogens is 1. The number of carbonyl (C=O) groups is 3. The van der Waals surface area contributed by atoms with E-state index in [0.717, 1.165) is 24.5 Å². The number of benzene rings is 1. The quantitative estimate of drug-likeness (QED) is 0.653. The maximum atomic E-state index is 13.6. The second kappa shape index (κ2) is 5.41. The first-order chi connectivity index (χ1) is 9.90. The number of amides is 2. The van der Waals surface area contributed by atoms with Gasteiger partial charge in [0, 0.05) is 5.56 Å². The predicted molar refractivity (Wildman–Crippen MR) is 68.4 cm³/mol. The van der Waals surface area contributed by atoms with Crippen LogP contribution in [0.4, 0.5) is 10.1 Å². The number of primary amides is 1. The van der Waals surface area contributed by atoms with Crippen molar-refractivity contribution in [1.82, 2.24) is 9.97 Å². The number of anilines is 1. The fraction of sp³-hybridized carbons (Fsp3) is 0. The third kappa shape index (κ3) is 2.86. The van der Waals surface area contributed by atoms with Crippen LogP contribution < -0.4 is 11.1 Å². The zero-order valence-corrected chi connectivity index (χ0v) is 10.4. The minimum atomic E-state index is -1.39. The molecule has 0 saturated heterocycles. The summed E-state index contributed by atoms with van der Waals surface area (Å²) in [5.41, 5.74) is 3.89. The summed E-state index contributed by atoms with van der Waals surface area (Å²) in [7, 11) is 0. The molecule has 108 valence electrons. The fourth-order valence-electron chi connectivity index (χ4n) is 1.59. The van der Waals surface area contributed by atoms with E-state index >= 15 is 0 Å². The monoisotopic (exact) mass is 292 g/mol. The maximum absolute atomic E-state index is 13.6. The van der Waals surface area contributed by atoms with Crippen LogP contribution in [0.25, 0.3) is 0 Å². The molecule has 0 bridgehead atoms. The Balaban J connectivity index is 2.31. The van der Waals surface area contributed by atoms with Gasteiger partial charge in [0.1, 0.15) is 5.82 Å². The molecule has 5 N–H and O–H groups in total. The highest BCUT2D eigenvalue weighted by Crippen LogP contribution is 2.17. The molecule has 21 heavy (non-hydrogen) atoms. The summed E-state index contributed by atoms with van der Waals surface area (Å²) in [6.07, 6.45) is 1.02. The second-order valence-corrected chi connectivity index (χ2v) is 3.94. The lowest BCUT2D eigenvalue weighted by Gasteiger charge is -2.06. The highest BCUT2D eigenvalue weighted by atomic mass is 19.1. The van der Waals surface area contributed by atoms with Crippen LogP contribution in [0.3, 0.4) is 0 Å². The zero-order chi connectivity index (χ0) is 15.6. The number of nitrogens with two attached hydrogens (primary N) is 1. The number of hydrogen-bond acceptors (Lipinski definition) is 4. The number of imidazole rings is 1. The largest absolute Gasteiger partial charge is 0.477 e. The van der Waals surface area contributed by atoms with Crippen LogP contribution in [-0.2, 0) is 0 Å². The van der Waals surface area contributed by atoms with Crippen LogP contribution in [0.1, 0.15) is 31.3 Å². The van der Waals surface area contributed by atoms with Gasteiger partial charge in [0.25, 0.3) is 5.91 Å². The molecule has 2 rings (SSSR count). The smallest absolute Gasteiger partial charge is 0.354 e. The molecule has 0 radical (unpaired) electrons. The molecule has 0 atom stereocenters. The normalized spacial score (nSPS) is 10.1. The molecule has 0 aliphatic heterocycles. The number of carboxylic acids is 1. The number of aromatic carboxylic acids is 1. The van der Waals surface area contributed by atoms with Gasteiger partial charge in [0.15, 0.2) is 11.4 Å². The molecule has 0 unspecified atom stereocenters. The highest BCUT2D eigenvalue weighted by Gasteiger charge is 2.21. The van der Waals surface area contributed by atoms with Crippen molar-refractivity contribution >= 4 is 23.5 Å². The molecule has 2 amide bonds. The number of nitrogens with one attached hydrogen (secondary N) is 2. The van der Waals surface area contributed by atoms with Crippen LogP contribution in [0.2, 0.25) is 0 Å². The average molecular weight is 292 g/mol. The third-order valence-electron chi connectivity index (χ3n) is 2.57. The van der Waals surface area contributed by atoms with E-state index in [2.05, 4.69) is 15.3 Å². The Bertz CT molecular complexity index is 741. The highest BCUT2D eigenvalue weighted by molar-refractivity contribution is 6.09. The Morgan fingerprint density at radius 2 is 2.05 bits per heavy atom. The molecule has 2 aromatic rings. The van der Waals surface area contributed by atoms with Gasteiger partial charge < -0.3 is 21.1 Å². The molecular weight excluding hydrogens is 283 g/mol. The van der Waals surface area contributed by atoms with Gasteiger partial charge in [-0.3, -0.25) is 9.59 Å². The van der Waals surface area contributed by atoms with Crippen LogP contribution in [0, 0.1) is 5.82 Å². The van der Waals surface area contributed by atoms with E-state index in [4.69, 9.17) is 10.8 Å². The predicted octanol–water partition coefficient (Wildman–Crippen LogP) is 0.598. The SMILES string of the molecule is NC(=O)c1ccc(F)c(NC(=O)c2nc[nH]c2C(=O)O)c1. The first-order valence-electron chi connectivity index (χ1n) is 5.57. The number of aromatic amines is 1. The minimum absolute atomic E-state index is 0.00724. The van der Waals surface area contributed by atoms with E-state index in [1.807, 2.05) is 0 Å². The van der Waals surface area contributed by atoms with Crippen LogP contribution in [0.15, 0.2) is 24.5 Å². The van der Waals surface area contributed by atoms with E-state index in [1.54, 1.807) is 0 Å². The van der Waals surface area contributed by atoms with Gasteiger partial charge >= 0.3 is 5.97 Å². The Labute approximate surface area is 116 Å². The Hall–Kier alpha value is -3.23. The summed E-state index contributed by atoms with van der Waals surface area (Å²) in [6, 6.07) is 3.16. The third-order valence-corrected chi connectivity index (χ3v) is 2.57. The van der Waals surface area contributed by atoms with Crippen molar-refractivity contribution in [2.24, 2.45) is 5.73 Å². The molecule has 0 fully saturated rings. The number of carbonyl (C=O) groups excluding carboxylic acids is 2. The Morgan fingerprint density at radius 3 is 2.67 bits per heavy atom. The lowest BCUT2D eigenvalue weighted by Crippen LogP contribution is -2.18. The standard InChI is InChI=1S/C12H9FN4O4/c13-6-2-1-5(10(14)18)3-7(6)17-11(19)8-9(12(20)21)16-4-15-8/h1-4H,(H2,14,18)(H,15,16)(H,17,19)(H,20,21). The zero-order valence-electron chi connectivity index (χ0n) is 10.4. The summed E-state index contributed by atoms with van der Waals surface area (Å²) in [5, 5.41) is 11.0. The van der Waals surface area contributed by atoms with E-state index in [1.165, 1.54) is 0 Å². The molecule has 1 aromatic carbocycles. The number of H-pyrrole nitrogens is 1. The molecule has 9 heteroatoms. The van der Waals surface area contributed by atoms with Crippen molar-refractivity contribution in [2.75, 3.05) is 5.32 Å². The number of aromatic nitrogens is 2. The summed E-state index contributed by atoms with van der Waals surface area (Å²) in [5.74, 6) is -3.92. The first-order valence-corrected chi connectivity index (χ1v) is 5.57. The van der Waals surface area contributed by atoms with Gasteiger partial charge in [0.2, 0.25) is 5.91 Å². The van der Waals surface area contributed by atoms with E-state index < -0.39 is 35.0 Å². The number of hydrogen-bond donors (Lipinski definition) is 4. The van der Waals surface area contributed by atoms with E-state index in [9.17, 15) is 18.8 Å². The van der Waals surface area contributed by atoms with Crippen LogP contribution in [-0.4, -0.2) is 32.9 Å². The maximum Gasteiger partial charge on any atom is 0.354 e. The fourth-order valence-corrected chi connectivity index (χ4v) is 1.59. The lowest BCUT2D eigenvalue weighted by molar-refractivity contribution is 0.0686. The second-order valence-electron chi connectivity index (χ2n) is 3.94. The summed E-state index contributed by atoms with van der Waals surface area (Å²) < 4.78 is 13.6. The van der Waals surface area contributed by atoms with Crippen molar-refractivity contribution < 1.29 is 23.9 Å². The van der Waals surface area contributed by atoms with Crippen molar-refractivity contribution in [3.8, 4) is 0 Å².